The lowest BCUT2D eigenvalue weighted by molar-refractivity contribution is -0.0722. The highest BCUT2D eigenvalue weighted by atomic mass is 19.1. The predicted molar refractivity (Wildman–Crippen MR) is 180 cm³/mol. The second-order valence-corrected chi connectivity index (χ2v) is 14.2. The van der Waals surface area contributed by atoms with E-state index in [4.69, 9.17) is 4.74 Å². The SMILES string of the molecule is CCOc1ccc(C(=O)N(CCCC[C@@H]2Cc3cc(O)ccc3[C@@H]3[C@@H]2[C@@H]2CC[C@H](O)[C@@]2(C)C[C@@H]3F)CCCc2ccccc2)cc1. The molecule has 0 spiro atoms. The summed E-state index contributed by atoms with van der Waals surface area (Å²) in [7, 11) is 0. The van der Waals surface area contributed by atoms with Gasteiger partial charge in [0.25, 0.3) is 5.91 Å². The van der Waals surface area contributed by atoms with Crippen LogP contribution in [0.2, 0.25) is 0 Å². The van der Waals surface area contributed by atoms with Gasteiger partial charge in [-0.15, -0.1) is 0 Å². The first-order chi connectivity index (χ1) is 22.3. The van der Waals surface area contributed by atoms with Crippen LogP contribution in [0.5, 0.6) is 11.5 Å². The van der Waals surface area contributed by atoms with Gasteiger partial charge >= 0.3 is 0 Å². The lowest BCUT2D eigenvalue weighted by Gasteiger charge is -2.54. The Labute approximate surface area is 273 Å². The van der Waals surface area contributed by atoms with Crippen LogP contribution in [0, 0.1) is 23.2 Å². The topological polar surface area (TPSA) is 70.0 Å². The summed E-state index contributed by atoms with van der Waals surface area (Å²) in [6, 6.07) is 23.3. The number of rotatable bonds is 12. The Hall–Kier alpha value is -3.38. The minimum atomic E-state index is -1.00. The first-order valence-electron chi connectivity index (χ1n) is 17.5. The minimum Gasteiger partial charge on any atom is -0.508 e. The third-order valence-corrected chi connectivity index (χ3v) is 11.5. The molecule has 0 radical (unpaired) electrons. The molecule has 0 aromatic heterocycles. The van der Waals surface area contributed by atoms with Gasteiger partial charge in [0, 0.05) is 24.6 Å². The highest BCUT2D eigenvalue weighted by molar-refractivity contribution is 5.94. The molecule has 0 saturated heterocycles. The number of alkyl halides is 1. The Morgan fingerprint density at radius 3 is 2.52 bits per heavy atom. The standard InChI is InChI=1S/C40H50FNO4/c1-3-46-32-17-14-28(15-18-32)39(45)42(23-9-12-27-10-5-4-6-11-27)22-8-7-13-29-24-30-25-31(43)16-19-33(30)38-35(41)26-40(2)34(37(29)38)20-21-36(40)44/h4-6,10-11,14-19,25,29,34-38,43-44H,3,7-9,12-13,20-24,26H2,1-2H3/t29-,34+,35+,36+,37+,38+,40+/m1/s1. The molecular weight excluding hydrogens is 577 g/mol. The average molecular weight is 628 g/mol. The van der Waals surface area contributed by atoms with E-state index < -0.39 is 12.3 Å². The van der Waals surface area contributed by atoms with Crippen LogP contribution in [0.25, 0.3) is 0 Å². The molecule has 7 atom stereocenters. The molecule has 0 unspecified atom stereocenters. The van der Waals surface area contributed by atoms with Crippen molar-refractivity contribution in [2.45, 2.75) is 89.8 Å². The number of carbonyl (C=O) groups excluding carboxylic acids is 1. The zero-order valence-electron chi connectivity index (χ0n) is 27.4. The van der Waals surface area contributed by atoms with Gasteiger partial charge in [0.2, 0.25) is 0 Å². The van der Waals surface area contributed by atoms with Crippen molar-refractivity contribution in [2.75, 3.05) is 19.7 Å². The molecule has 46 heavy (non-hydrogen) atoms. The number of ether oxygens (including phenoxy) is 1. The third kappa shape index (κ3) is 6.69. The van der Waals surface area contributed by atoms with E-state index in [1.54, 1.807) is 6.07 Å². The van der Waals surface area contributed by atoms with Crippen molar-refractivity contribution in [1.29, 1.82) is 0 Å². The van der Waals surface area contributed by atoms with E-state index in [-0.39, 0.29) is 34.8 Å². The van der Waals surface area contributed by atoms with E-state index >= 15 is 4.39 Å². The second kappa shape index (κ2) is 14.2. The number of nitrogens with zero attached hydrogens (tertiary/aromatic N) is 1. The molecule has 3 aliphatic rings. The molecule has 3 aromatic carbocycles. The Kier molecular flexibility index (Phi) is 10.0. The number of carbonyl (C=O) groups is 1. The number of phenols is 1. The molecular formula is C40H50FNO4. The highest BCUT2D eigenvalue weighted by Crippen LogP contribution is 2.63. The molecule has 2 fully saturated rings. The normalized spacial score (nSPS) is 28.2. The molecule has 2 N–H and O–H groups in total. The van der Waals surface area contributed by atoms with Crippen molar-refractivity contribution in [2.24, 2.45) is 23.2 Å². The van der Waals surface area contributed by atoms with Crippen molar-refractivity contribution in [3.05, 3.63) is 95.1 Å². The summed E-state index contributed by atoms with van der Waals surface area (Å²) >= 11 is 0. The van der Waals surface area contributed by atoms with E-state index in [0.29, 0.717) is 37.6 Å². The Morgan fingerprint density at radius 2 is 1.76 bits per heavy atom. The molecule has 3 aromatic rings. The maximum Gasteiger partial charge on any atom is 0.253 e. The molecule has 1 amide bonds. The first-order valence-corrected chi connectivity index (χ1v) is 17.5. The van der Waals surface area contributed by atoms with Gasteiger partial charge < -0.3 is 19.8 Å². The summed E-state index contributed by atoms with van der Waals surface area (Å²) < 4.78 is 21.7. The van der Waals surface area contributed by atoms with Gasteiger partial charge in [-0.1, -0.05) is 49.7 Å². The van der Waals surface area contributed by atoms with Crippen LogP contribution in [0.4, 0.5) is 4.39 Å². The van der Waals surface area contributed by atoms with Crippen LogP contribution < -0.4 is 4.74 Å². The molecule has 5 nitrogen and oxygen atoms in total. The number of aliphatic hydroxyl groups excluding tert-OH is 1. The van der Waals surface area contributed by atoms with Gasteiger partial charge in [0.15, 0.2) is 0 Å². The van der Waals surface area contributed by atoms with Gasteiger partial charge in [-0.05, 0) is 135 Å². The number of phenolic OH excluding ortho intramolecular Hbond substituents is 1. The molecule has 2 saturated carbocycles. The van der Waals surface area contributed by atoms with E-state index in [0.717, 1.165) is 68.2 Å². The fourth-order valence-corrected chi connectivity index (χ4v) is 9.22. The molecule has 6 rings (SSSR count). The molecule has 0 aliphatic heterocycles. The summed E-state index contributed by atoms with van der Waals surface area (Å²) in [5.41, 5.74) is 3.69. The summed E-state index contributed by atoms with van der Waals surface area (Å²) in [6.45, 7) is 6.00. The number of unbranched alkanes of at least 4 members (excludes halogenated alkanes) is 1. The quantitative estimate of drug-likeness (QED) is 0.199. The lowest BCUT2D eigenvalue weighted by Crippen LogP contribution is -2.51. The molecule has 246 valence electrons. The Balaban J connectivity index is 1.15. The van der Waals surface area contributed by atoms with Gasteiger partial charge in [0.05, 0.1) is 12.7 Å². The van der Waals surface area contributed by atoms with Crippen LogP contribution in [-0.2, 0) is 12.8 Å². The van der Waals surface area contributed by atoms with Crippen LogP contribution in [0.1, 0.15) is 91.8 Å². The number of aliphatic hydroxyl groups is 1. The van der Waals surface area contributed by atoms with Gasteiger partial charge in [-0.3, -0.25) is 4.79 Å². The Morgan fingerprint density at radius 1 is 1.00 bits per heavy atom. The smallest absolute Gasteiger partial charge is 0.253 e. The van der Waals surface area contributed by atoms with E-state index in [2.05, 4.69) is 31.2 Å². The second-order valence-electron chi connectivity index (χ2n) is 14.2. The summed E-state index contributed by atoms with van der Waals surface area (Å²) in [6.07, 6.45) is 6.04. The van der Waals surface area contributed by atoms with Gasteiger partial charge in [-0.2, -0.15) is 0 Å². The fraction of sp³-hybridized carbons (Fsp3) is 0.525. The van der Waals surface area contributed by atoms with Gasteiger partial charge in [0.1, 0.15) is 17.7 Å². The first kappa shape index (κ1) is 32.6. The van der Waals surface area contributed by atoms with E-state index in [1.807, 2.05) is 54.3 Å². The van der Waals surface area contributed by atoms with Gasteiger partial charge in [-0.25, -0.2) is 4.39 Å². The molecule has 0 bridgehead atoms. The third-order valence-electron chi connectivity index (χ3n) is 11.5. The number of benzene rings is 3. The van der Waals surface area contributed by atoms with Crippen molar-refractivity contribution >= 4 is 5.91 Å². The number of halogens is 1. The monoisotopic (exact) mass is 627 g/mol. The summed E-state index contributed by atoms with van der Waals surface area (Å²) in [5, 5.41) is 21.3. The maximum absolute atomic E-state index is 16.2. The van der Waals surface area contributed by atoms with Crippen LogP contribution in [-0.4, -0.2) is 53.0 Å². The van der Waals surface area contributed by atoms with Crippen molar-refractivity contribution in [1.82, 2.24) is 4.90 Å². The summed E-state index contributed by atoms with van der Waals surface area (Å²) in [4.78, 5) is 15.7. The summed E-state index contributed by atoms with van der Waals surface area (Å²) in [5.74, 6) is 1.61. The van der Waals surface area contributed by atoms with E-state index in [1.165, 1.54) is 5.56 Å². The van der Waals surface area contributed by atoms with Crippen molar-refractivity contribution in [3.63, 3.8) is 0 Å². The van der Waals surface area contributed by atoms with Crippen molar-refractivity contribution < 1.29 is 24.1 Å². The number of amides is 1. The zero-order chi connectivity index (χ0) is 32.3. The number of aryl methyl sites for hydroxylation is 1. The molecule has 0 heterocycles. The molecule has 6 heteroatoms. The van der Waals surface area contributed by atoms with Crippen LogP contribution in [0.15, 0.2) is 72.8 Å². The zero-order valence-corrected chi connectivity index (χ0v) is 27.4. The van der Waals surface area contributed by atoms with Crippen LogP contribution in [0.3, 0.4) is 0 Å². The van der Waals surface area contributed by atoms with Crippen LogP contribution >= 0.6 is 0 Å². The predicted octanol–water partition coefficient (Wildman–Crippen LogP) is 8.13. The number of hydrogen-bond donors (Lipinski definition) is 2. The van der Waals surface area contributed by atoms with E-state index in [9.17, 15) is 15.0 Å². The minimum absolute atomic E-state index is 0.0431. The van der Waals surface area contributed by atoms with Crippen molar-refractivity contribution in [3.8, 4) is 11.5 Å². The Bertz CT molecular complexity index is 1460. The lowest BCUT2D eigenvalue weighted by atomic mass is 9.51. The highest BCUT2D eigenvalue weighted by Gasteiger charge is 2.59. The number of fused-ring (bicyclic) bond motifs is 5. The number of aromatic hydroxyl groups is 1. The maximum atomic E-state index is 16.2. The molecule has 3 aliphatic carbocycles. The fourth-order valence-electron chi connectivity index (χ4n) is 9.22. The largest absolute Gasteiger partial charge is 0.508 e. The average Bonchev–Trinajstić information content (AvgIpc) is 3.35. The number of hydrogen-bond acceptors (Lipinski definition) is 4.